The Morgan fingerprint density at radius 2 is 2.39 bits per heavy atom. The van der Waals surface area contributed by atoms with Crippen LogP contribution < -0.4 is 5.32 Å². The van der Waals surface area contributed by atoms with Crippen LogP contribution in [0.15, 0.2) is 11.4 Å². The van der Waals surface area contributed by atoms with E-state index >= 15 is 0 Å². The van der Waals surface area contributed by atoms with Gasteiger partial charge < -0.3 is 5.32 Å². The van der Waals surface area contributed by atoms with Gasteiger partial charge in [0.1, 0.15) is 0 Å². The van der Waals surface area contributed by atoms with Crippen LogP contribution in [0.2, 0.25) is 0 Å². The summed E-state index contributed by atoms with van der Waals surface area (Å²) in [6.07, 6.45) is 6.42. The molecule has 1 aromatic rings. The molecule has 0 bridgehead atoms. The second-order valence-corrected chi connectivity index (χ2v) is 5.96. The van der Waals surface area contributed by atoms with Crippen LogP contribution in [0.25, 0.3) is 0 Å². The molecule has 1 aliphatic rings. The largest absolute Gasteiger partial charge is 0.324 e. The van der Waals surface area contributed by atoms with Gasteiger partial charge >= 0.3 is 5.00 Å². The minimum absolute atomic E-state index is 0.238. The van der Waals surface area contributed by atoms with Gasteiger partial charge in [-0.25, -0.2) is 0 Å². The van der Waals surface area contributed by atoms with Crippen LogP contribution in [0.1, 0.15) is 44.6 Å². The van der Waals surface area contributed by atoms with E-state index in [4.69, 9.17) is 0 Å². The lowest BCUT2D eigenvalue weighted by Gasteiger charge is -2.29. The molecule has 5 heteroatoms. The molecule has 0 aromatic carbocycles. The molecule has 0 radical (unpaired) electrons. The Morgan fingerprint density at radius 1 is 1.56 bits per heavy atom. The molecule has 2 rings (SSSR count). The summed E-state index contributed by atoms with van der Waals surface area (Å²) in [5.74, 6) is 0.855. The number of rotatable bonds is 5. The summed E-state index contributed by atoms with van der Waals surface area (Å²) in [6.45, 7) is 3.01. The first-order chi connectivity index (χ1) is 8.69. The Kier molecular flexibility index (Phi) is 4.72. The van der Waals surface area contributed by atoms with Gasteiger partial charge in [0, 0.05) is 24.0 Å². The van der Waals surface area contributed by atoms with Crippen LogP contribution in [0.4, 0.5) is 5.00 Å². The molecule has 18 heavy (non-hydrogen) atoms. The molecule has 1 heterocycles. The molecule has 0 aliphatic heterocycles. The van der Waals surface area contributed by atoms with Crippen molar-refractivity contribution in [1.82, 2.24) is 5.32 Å². The predicted molar refractivity (Wildman–Crippen MR) is 73.9 cm³/mol. The Morgan fingerprint density at radius 3 is 3.06 bits per heavy atom. The standard InChI is InChI=1S/C13H20N2O2S/c1-2-10-4-3-5-12(6-10)14-8-11-7-13(15(16)17)18-9-11/h7,9-10,12,14H,2-6,8H2,1H3. The molecular formula is C13H20N2O2S. The van der Waals surface area contributed by atoms with Crippen molar-refractivity contribution < 1.29 is 4.92 Å². The summed E-state index contributed by atoms with van der Waals surface area (Å²) in [5.41, 5.74) is 1.03. The molecule has 1 N–H and O–H groups in total. The minimum atomic E-state index is -0.318. The quantitative estimate of drug-likeness (QED) is 0.654. The van der Waals surface area contributed by atoms with Crippen molar-refractivity contribution in [1.29, 1.82) is 0 Å². The fourth-order valence-corrected chi connectivity index (χ4v) is 3.39. The van der Waals surface area contributed by atoms with E-state index in [0.29, 0.717) is 6.04 Å². The molecule has 1 fully saturated rings. The molecule has 2 unspecified atom stereocenters. The first-order valence-corrected chi connectivity index (χ1v) is 7.52. The smallest absolute Gasteiger partial charge is 0.310 e. The normalized spacial score (nSPS) is 24.1. The van der Waals surface area contributed by atoms with Gasteiger partial charge in [-0.2, -0.15) is 0 Å². The van der Waals surface area contributed by atoms with Gasteiger partial charge in [0.25, 0.3) is 0 Å². The maximum atomic E-state index is 10.6. The topological polar surface area (TPSA) is 55.2 Å². The van der Waals surface area contributed by atoms with Crippen molar-refractivity contribution in [2.75, 3.05) is 0 Å². The average molecular weight is 268 g/mol. The van der Waals surface area contributed by atoms with E-state index in [0.717, 1.165) is 18.0 Å². The summed E-state index contributed by atoms with van der Waals surface area (Å²) in [7, 11) is 0. The van der Waals surface area contributed by atoms with E-state index in [-0.39, 0.29) is 9.92 Å². The highest BCUT2D eigenvalue weighted by atomic mass is 32.1. The van der Waals surface area contributed by atoms with E-state index in [9.17, 15) is 10.1 Å². The first kappa shape index (κ1) is 13.5. The Bertz CT molecular complexity index is 405. The van der Waals surface area contributed by atoms with Crippen molar-refractivity contribution in [3.63, 3.8) is 0 Å². The van der Waals surface area contributed by atoms with Crippen LogP contribution in [-0.4, -0.2) is 11.0 Å². The highest BCUT2D eigenvalue weighted by Crippen LogP contribution is 2.27. The van der Waals surface area contributed by atoms with Crippen LogP contribution in [0.3, 0.4) is 0 Å². The number of hydrogen-bond donors (Lipinski definition) is 1. The van der Waals surface area contributed by atoms with Gasteiger partial charge in [-0.05, 0) is 24.3 Å². The zero-order valence-electron chi connectivity index (χ0n) is 10.7. The number of thiophene rings is 1. The molecular weight excluding hydrogens is 248 g/mol. The fourth-order valence-electron chi connectivity index (χ4n) is 2.66. The molecule has 4 nitrogen and oxygen atoms in total. The monoisotopic (exact) mass is 268 g/mol. The summed E-state index contributed by atoms with van der Waals surface area (Å²) < 4.78 is 0. The second-order valence-electron chi connectivity index (χ2n) is 5.07. The third-order valence-corrected chi connectivity index (χ3v) is 4.70. The van der Waals surface area contributed by atoms with E-state index in [2.05, 4.69) is 12.2 Å². The van der Waals surface area contributed by atoms with Gasteiger partial charge in [-0.15, -0.1) is 0 Å². The van der Waals surface area contributed by atoms with Crippen LogP contribution in [0, 0.1) is 16.0 Å². The molecule has 1 aromatic heterocycles. The number of hydrogen-bond acceptors (Lipinski definition) is 4. The third-order valence-electron chi connectivity index (χ3n) is 3.77. The molecule has 0 amide bonds. The number of nitrogens with one attached hydrogen (secondary N) is 1. The number of nitro groups is 1. The van der Waals surface area contributed by atoms with Gasteiger partial charge in [0.15, 0.2) is 0 Å². The van der Waals surface area contributed by atoms with Crippen LogP contribution >= 0.6 is 11.3 Å². The molecule has 0 saturated heterocycles. The fraction of sp³-hybridized carbons (Fsp3) is 0.692. The van der Waals surface area contributed by atoms with Crippen molar-refractivity contribution >= 4 is 16.3 Å². The Balaban J connectivity index is 1.81. The molecule has 2 atom stereocenters. The van der Waals surface area contributed by atoms with Gasteiger partial charge in [-0.1, -0.05) is 37.5 Å². The van der Waals surface area contributed by atoms with E-state index < -0.39 is 0 Å². The Labute approximate surface area is 112 Å². The first-order valence-electron chi connectivity index (χ1n) is 6.64. The van der Waals surface area contributed by atoms with E-state index in [1.807, 2.05) is 5.38 Å². The van der Waals surface area contributed by atoms with Gasteiger partial charge in [-0.3, -0.25) is 10.1 Å². The molecule has 1 saturated carbocycles. The maximum absolute atomic E-state index is 10.6. The van der Waals surface area contributed by atoms with Gasteiger partial charge in [0.05, 0.1) is 4.92 Å². The SMILES string of the molecule is CCC1CCCC(NCc2csc([N+](=O)[O-])c2)C1. The summed E-state index contributed by atoms with van der Waals surface area (Å²) >= 11 is 1.21. The lowest BCUT2D eigenvalue weighted by atomic mass is 9.84. The molecule has 0 spiro atoms. The zero-order valence-corrected chi connectivity index (χ0v) is 11.5. The minimum Gasteiger partial charge on any atom is -0.310 e. The number of nitrogens with zero attached hydrogens (tertiary/aromatic N) is 1. The Hall–Kier alpha value is -0.940. The summed E-state index contributed by atoms with van der Waals surface area (Å²) in [5, 5.41) is 16.3. The van der Waals surface area contributed by atoms with E-state index in [1.165, 1.54) is 43.4 Å². The molecule has 100 valence electrons. The van der Waals surface area contributed by atoms with Crippen molar-refractivity contribution in [3.8, 4) is 0 Å². The highest BCUT2D eigenvalue weighted by Gasteiger charge is 2.20. The lowest BCUT2D eigenvalue weighted by molar-refractivity contribution is -0.380. The van der Waals surface area contributed by atoms with Crippen molar-refractivity contribution in [3.05, 3.63) is 27.1 Å². The zero-order chi connectivity index (χ0) is 13.0. The predicted octanol–water partition coefficient (Wildman–Crippen LogP) is 3.71. The van der Waals surface area contributed by atoms with Crippen molar-refractivity contribution in [2.45, 2.75) is 51.6 Å². The van der Waals surface area contributed by atoms with Gasteiger partial charge in [0.2, 0.25) is 0 Å². The average Bonchev–Trinajstić information content (AvgIpc) is 2.85. The second kappa shape index (κ2) is 6.29. The third kappa shape index (κ3) is 3.53. The van der Waals surface area contributed by atoms with E-state index in [1.54, 1.807) is 6.07 Å². The highest BCUT2D eigenvalue weighted by molar-refractivity contribution is 7.13. The maximum Gasteiger partial charge on any atom is 0.324 e. The lowest BCUT2D eigenvalue weighted by Crippen LogP contribution is -2.33. The van der Waals surface area contributed by atoms with Crippen LogP contribution in [0.5, 0.6) is 0 Å². The van der Waals surface area contributed by atoms with Crippen LogP contribution in [-0.2, 0) is 6.54 Å². The summed E-state index contributed by atoms with van der Waals surface area (Å²) in [4.78, 5) is 10.3. The molecule has 1 aliphatic carbocycles. The summed E-state index contributed by atoms with van der Waals surface area (Å²) in [6, 6.07) is 2.26. The van der Waals surface area contributed by atoms with Crippen molar-refractivity contribution in [2.24, 2.45) is 5.92 Å².